The molecule has 4 heterocycles. The van der Waals surface area contributed by atoms with Gasteiger partial charge in [-0.25, -0.2) is 9.37 Å². The third kappa shape index (κ3) is 2.95. The zero-order chi connectivity index (χ0) is 15.7. The maximum atomic E-state index is 13.6. The monoisotopic (exact) mass is 322 g/mol. The Morgan fingerprint density at radius 1 is 1.26 bits per heavy atom. The van der Waals surface area contributed by atoms with Gasteiger partial charge in [0, 0.05) is 51.1 Å². The van der Waals surface area contributed by atoms with Crippen LogP contribution in [-0.4, -0.2) is 61.0 Å². The Labute approximate surface area is 135 Å². The van der Waals surface area contributed by atoms with Crippen LogP contribution in [0.1, 0.15) is 19.3 Å². The topological polar surface area (TPSA) is 43.8 Å². The van der Waals surface area contributed by atoms with E-state index in [1.807, 2.05) is 0 Å². The lowest BCUT2D eigenvalue weighted by atomic mass is 9.79. The van der Waals surface area contributed by atoms with Crippen molar-refractivity contribution in [2.45, 2.75) is 30.9 Å². The summed E-state index contributed by atoms with van der Waals surface area (Å²) in [5.74, 6) is -0.00642. The van der Waals surface area contributed by atoms with Crippen molar-refractivity contribution in [2.24, 2.45) is 5.92 Å². The molecular formula is C17H23FN2O3. The minimum atomic E-state index is -0.405. The molecule has 3 aliphatic heterocycles. The number of hydrogen-bond donors (Lipinski definition) is 0. The first kappa shape index (κ1) is 15.3. The molecule has 126 valence electrons. The zero-order valence-electron chi connectivity index (χ0n) is 13.2. The molecule has 0 amide bonds. The summed E-state index contributed by atoms with van der Waals surface area (Å²) in [6.45, 7) is 4.86. The van der Waals surface area contributed by atoms with Crippen molar-refractivity contribution in [2.75, 3.05) is 39.5 Å². The van der Waals surface area contributed by atoms with Gasteiger partial charge in [-0.2, -0.15) is 0 Å². The fraction of sp³-hybridized carbons (Fsp3) is 0.706. The van der Waals surface area contributed by atoms with Crippen molar-refractivity contribution < 1.29 is 18.6 Å². The second-order valence-corrected chi connectivity index (χ2v) is 6.75. The van der Waals surface area contributed by atoms with Gasteiger partial charge in [-0.1, -0.05) is 0 Å². The standard InChI is InChI=1S/C17H23FN2O3/c18-15-2-1-6-19-16(15)22-10-13-3-9-23-17(13)11-20(12-17)14-4-7-21-8-5-14/h1-2,6,13-14H,3-5,7-12H2/t13-/m1/s1. The maximum Gasteiger partial charge on any atom is 0.250 e. The largest absolute Gasteiger partial charge is 0.475 e. The third-order valence-electron chi connectivity index (χ3n) is 5.39. The summed E-state index contributed by atoms with van der Waals surface area (Å²) in [4.78, 5) is 6.46. The molecule has 6 heteroatoms. The van der Waals surface area contributed by atoms with Crippen molar-refractivity contribution >= 4 is 0 Å². The molecule has 0 radical (unpaired) electrons. The predicted octanol–water partition coefficient (Wildman–Crippen LogP) is 1.87. The quantitative estimate of drug-likeness (QED) is 0.847. The SMILES string of the molecule is Fc1cccnc1OC[C@H]1CCOC12CN(C1CCOCC1)C2. The Hall–Kier alpha value is -1.24. The van der Waals surface area contributed by atoms with Gasteiger partial charge < -0.3 is 14.2 Å². The molecule has 1 aromatic rings. The summed E-state index contributed by atoms with van der Waals surface area (Å²) in [6, 6.07) is 3.56. The van der Waals surface area contributed by atoms with Gasteiger partial charge in [0.1, 0.15) is 0 Å². The Bertz CT molecular complexity index is 544. The number of hydrogen-bond acceptors (Lipinski definition) is 5. The molecule has 0 aliphatic carbocycles. The first-order valence-electron chi connectivity index (χ1n) is 8.46. The first-order chi connectivity index (χ1) is 11.3. The highest BCUT2D eigenvalue weighted by Crippen LogP contribution is 2.42. The van der Waals surface area contributed by atoms with Gasteiger partial charge in [0.2, 0.25) is 5.88 Å². The van der Waals surface area contributed by atoms with Crippen molar-refractivity contribution in [3.8, 4) is 5.88 Å². The van der Waals surface area contributed by atoms with Gasteiger partial charge in [0.15, 0.2) is 5.82 Å². The van der Waals surface area contributed by atoms with Gasteiger partial charge in [-0.3, -0.25) is 4.90 Å². The van der Waals surface area contributed by atoms with E-state index in [4.69, 9.17) is 14.2 Å². The third-order valence-corrected chi connectivity index (χ3v) is 5.39. The second-order valence-electron chi connectivity index (χ2n) is 6.75. The van der Waals surface area contributed by atoms with E-state index in [0.717, 1.165) is 52.2 Å². The van der Waals surface area contributed by atoms with E-state index in [1.165, 1.54) is 6.07 Å². The van der Waals surface area contributed by atoms with Crippen LogP contribution in [-0.2, 0) is 9.47 Å². The van der Waals surface area contributed by atoms with E-state index in [0.29, 0.717) is 18.6 Å². The molecule has 1 atom stereocenters. The molecule has 0 bridgehead atoms. The summed E-state index contributed by atoms with van der Waals surface area (Å²) in [7, 11) is 0. The number of halogens is 1. The molecule has 5 nitrogen and oxygen atoms in total. The molecular weight excluding hydrogens is 299 g/mol. The van der Waals surface area contributed by atoms with Crippen LogP contribution in [0.15, 0.2) is 18.3 Å². The van der Waals surface area contributed by atoms with E-state index in [2.05, 4.69) is 9.88 Å². The van der Waals surface area contributed by atoms with Crippen LogP contribution < -0.4 is 4.74 Å². The minimum absolute atomic E-state index is 0.0927. The highest BCUT2D eigenvalue weighted by atomic mass is 19.1. The van der Waals surface area contributed by atoms with Crippen molar-refractivity contribution in [1.29, 1.82) is 0 Å². The summed E-state index contributed by atoms with van der Waals surface area (Å²) in [6.07, 6.45) is 4.73. The minimum Gasteiger partial charge on any atom is -0.475 e. The van der Waals surface area contributed by atoms with Gasteiger partial charge in [0.05, 0.1) is 12.2 Å². The number of nitrogens with zero attached hydrogens (tertiary/aromatic N) is 2. The molecule has 4 rings (SSSR count). The summed E-state index contributed by atoms with van der Waals surface area (Å²) >= 11 is 0. The molecule has 3 fully saturated rings. The second kappa shape index (κ2) is 6.34. The van der Waals surface area contributed by atoms with Crippen LogP contribution in [0.5, 0.6) is 5.88 Å². The number of rotatable bonds is 4. The summed E-state index contributed by atoms with van der Waals surface area (Å²) < 4.78 is 30.7. The van der Waals surface area contributed by atoms with Crippen molar-refractivity contribution in [1.82, 2.24) is 9.88 Å². The Kier molecular flexibility index (Phi) is 4.22. The first-order valence-corrected chi connectivity index (χ1v) is 8.46. The van der Waals surface area contributed by atoms with Crippen molar-refractivity contribution in [3.05, 3.63) is 24.1 Å². The van der Waals surface area contributed by atoms with E-state index >= 15 is 0 Å². The normalized spacial score (nSPS) is 28.0. The van der Waals surface area contributed by atoms with E-state index in [9.17, 15) is 4.39 Å². The molecule has 3 saturated heterocycles. The van der Waals surface area contributed by atoms with Crippen LogP contribution in [0.3, 0.4) is 0 Å². The van der Waals surface area contributed by atoms with Crippen LogP contribution in [0.4, 0.5) is 4.39 Å². The number of likely N-dealkylation sites (tertiary alicyclic amines) is 1. The Morgan fingerprint density at radius 3 is 2.87 bits per heavy atom. The fourth-order valence-electron chi connectivity index (χ4n) is 3.98. The van der Waals surface area contributed by atoms with Crippen molar-refractivity contribution in [3.63, 3.8) is 0 Å². The lowest BCUT2D eigenvalue weighted by Crippen LogP contribution is -2.68. The van der Waals surface area contributed by atoms with Gasteiger partial charge in [-0.05, 0) is 31.4 Å². The maximum absolute atomic E-state index is 13.6. The molecule has 0 unspecified atom stereocenters. The molecule has 0 N–H and O–H groups in total. The highest BCUT2D eigenvalue weighted by Gasteiger charge is 2.54. The van der Waals surface area contributed by atoms with Gasteiger partial charge >= 0.3 is 0 Å². The molecule has 1 spiro atoms. The van der Waals surface area contributed by atoms with E-state index < -0.39 is 5.82 Å². The van der Waals surface area contributed by atoms with Crippen LogP contribution in [0, 0.1) is 11.7 Å². The Balaban J connectivity index is 1.34. The lowest BCUT2D eigenvalue weighted by molar-refractivity contribution is -0.160. The summed E-state index contributed by atoms with van der Waals surface area (Å²) in [5, 5.41) is 0. The molecule has 1 aromatic heterocycles. The highest BCUT2D eigenvalue weighted by molar-refractivity contribution is 5.13. The predicted molar refractivity (Wildman–Crippen MR) is 81.9 cm³/mol. The molecule has 3 aliphatic rings. The fourth-order valence-corrected chi connectivity index (χ4v) is 3.98. The van der Waals surface area contributed by atoms with Crippen LogP contribution in [0.25, 0.3) is 0 Å². The van der Waals surface area contributed by atoms with E-state index in [1.54, 1.807) is 12.3 Å². The zero-order valence-corrected chi connectivity index (χ0v) is 13.2. The molecule has 0 aromatic carbocycles. The van der Waals surface area contributed by atoms with Crippen LogP contribution >= 0.6 is 0 Å². The lowest BCUT2D eigenvalue weighted by Gasteiger charge is -2.53. The molecule has 0 saturated carbocycles. The van der Waals surface area contributed by atoms with Gasteiger partial charge in [0.25, 0.3) is 0 Å². The summed E-state index contributed by atoms with van der Waals surface area (Å²) in [5.41, 5.74) is -0.108. The average molecular weight is 322 g/mol. The number of pyridine rings is 1. The number of ether oxygens (including phenoxy) is 3. The smallest absolute Gasteiger partial charge is 0.250 e. The number of aromatic nitrogens is 1. The molecule has 23 heavy (non-hydrogen) atoms. The van der Waals surface area contributed by atoms with Crippen LogP contribution in [0.2, 0.25) is 0 Å². The Morgan fingerprint density at radius 2 is 2.09 bits per heavy atom. The van der Waals surface area contributed by atoms with E-state index in [-0.39, 0.29) is 11.5 Å². The average Bonchev–Trinajstić information content (AvgIpc) is 2.97. The van der Waals surface area contributed by atoms with Gasteiger partial charge in [-0.15, -0.1) is 0 Å².